The average molecular weight is 312 g/mol. The van der Waals surface area contributed by atoms with Gasteiger partial charge < -0.3 is 10.2 Å². The van der Waals surface area contributed by atoms with Crippen LogP contribution < -0.4 is 10.2 Å². The molecule has 0 atom stereocenters. The molecule has 0 aromatic carbocycles. The Kier molecular flexibility index (Phi) is 5.01. The van der Waals surface area contributed by atoms with Crippen molar-refractivity contribution in [3.63, 3.8) is 0 Å². The van der Waals surface area contributed by atoms with Crippen LogP contribution in [0.5, 0.6) is 0 Å². The van der Waals surface area contributed by atoms with Crippen LogP contribution in [0.1, 0.15) is 38.2 Å². The molecule has 0 aliphatic heterocycles. The Hall–Kier alpha value is -0.610. The molecule has 1 heterocycles. The summed E-state index contributed by atoms with van der Waals surface area (Å²) in [5.74, 6) is 1.13. The Labute approximate surface area is 118 Å². The monoisotopic (exact) mass is 311 g/mol. The molecule has 1 N–H and O–H groups in total. The summed E-state index contributed by atoms with van der Waals surface area (Å²) in [6.45, 7) is 4.00. The van der Waals surface area contributed by atoms with Gasteiger partial charge in [-0.05, 0) is 41.4 Å². The van der Waals surface area contributed by atoms with Crippen LogP contribution in [-0.4, -0.2) is 24.6 Å². The standard InChI is InChI=1S/C14H22BrN3/c1-3-16-9-11-8-12(15)10-17-14(11)18(2)13-6-4-5-7-13/h8,10,13,16H,3-7,9H2,1-2H3. The number of aromatic nitrogens is 1. The van der Waals surface area contributed by atoms with Crippen molar-refractivity contribution in [3.8, 4) is 0 Å². The third-order valence-corrected chi connectivity index (χ3v) is 4.12. The minimum Gasteiger partial charge on any atom is -0.356 e. The van der Waals surface area contributed by atoms with E-state index in [0.29, 0.717) is 6.04 Å². The van der Waals surface area contributed by atoms with Crippen molar-refractivity contribution in [2.75, 3.05) is 18.5 Å². The maximum Gasteiger partial charge on any atom is 0.133 e. The van der Waals surface area contributed by atoms with E-state index in [-0.39, 0.29) is 0 Å². The summed E-state index contributed by atoms with van der Waals surface area (Å²) in [6.07, 6.45) is 7.21. The van der Waals surface area contributed by atoms with Crippen LogP contribution in [0, 0.1) is 0 Å². The number of nitrogens with zero attached hydrogens (tertiary/aromatic N) is 2. The molecule has 100 valence electrons. The number of halogens is 1. The molecule has 4 heteroatoms. The quantitative estimate of drug-likeness (QED) is 0.904. The fraction of sp³-hybridized carbons (Fsp3) is 0.643. The first-order chi connectivity index (χ1) is 8.72. The molecule has 0 amide bonds. The second kappa shape index (κ2) is 6.53. The van der Waals surface area contributed by atoms with Gasteiger partial charge in [-0.1, -0.05) is 19.8 Å². The van der Waals surface area contributed by atoms with E-state index in [2.05, 4.69) is 51.2 Å². The van der Waals surface area contributed by atoms with Gasteiger partial charge in [-0.15, -0.1) is 0 Å². The number of anilines is 1. The van der Waals surface area contributed by atoms with E-state index in [9.17, 15) is 0 Å². The Morgan fingerprint density at radius 2 is 2.17 bits per heavy atom. The number of rotatable bonds is 5. The molecular formula is C14H22BrN3. The van der Waals surface area contributed by atoms with Crippen molar-refractivity contribution in [1.82, 2.24) is 10.3 Å². The first kappa shape index (κ1) is 13.8. The van der Waals surface area contributed by atoms with Crippen LogP contribution in [0.4, 0.5) is 5.82 Å². The molecular weight excluding hydrogens is 290 g/mol. The summed E-state index contributed by atoms with van der Waals surface area (Å²) >= 11 is 3.51. The summed E-state index contributed by atoms with van der Waals surface area (Å²) in [7, 11) is 2.18. The molecule has 1 saturated carbocycles. The topological polar surface area (TPSA) is 28.2 Å². The van der Waals surface area contributed by atoms with Gasteiger partial charge in [-0.2, -0.15) is 0 Å². The van der Waals surface area contributed by atoms with Gasteiger partial charge in [0.05, 0.1) is 0 Å². The predicted molar refractivity (Wildman–Crippen MR) is 80.0 cm³/mol. The molecule has 0 saturated heterocycles. The highest BCUT2D eigenvalue weighted by atomic mass is 79.9. The second-order valence-electron chi connectivity index (χ2n) is 4.97. The van der Waals surface area contributed by atoms with Crippen molar-refractivity contribution in [2.45, 2.75) is 45.2 Å². The zero-order valence-corrected chi connectivity index (χ0v) is 12.8. The van der Waals surface area contributed by atoms with Crippen LogP contribution in [0.2, 0.25) is 0 Å². The number of nitrogens with one attached hydrogen (secondary N) is 1. The largest absolute Gasteiger partial charge is 0.356 e. The third-order valence-electron chi connectivity index (χ3n) is 3.68. The van der Waals surface area contributed by atoms with Crippen molar-refractivity contribution in [3.05, 3.63) is 22.3 Å². The van der Waals surface area contributed by atoms with E-state index < -0.39 is 0 Å². The lowest BCUT2D eigenvalue weighted by Crippen LogP contribution is -2.31. The normalized spacial score (nSPS) is 16.2. The van der Waals surface area contributed by atoms with E-state index in [4.69, 9.17) is 0 Å². The van der Waals surface area contributed by atoms with Gasteiger partial charge in [0.1, 0.15) is 5.82 Å². The molecule has 1 aliphatic carbocycles. The van der Waals surface area contributed by atoms with Gasteiger partial charge >= 0.3 is 0 Å². The third kappa shape index (κ3) is 3.23. The Morgan fingerprint density at radius 1 is 1.44 bits per heavy atom. The molecule has 0 spiro atoms. The minimum absolute atomic E-state index is 0.666. The van der Waals surface area contributed by atoms with Gasteiger partial charge in [-0.25, -0.2) is 4.98 Å². The summed E-state index contributed by atoms with van der Waals surface area (Å²) in [4.78, 5) is 6.98. The molecule has 0 radical (unpaired) electrons. The van der Waals surface area contributed by atoms with Gasteiger partial charge in [0.25, 0.3) is 0 Å². The fourth-order valence-corrected chi connectivity index (χ4v) is 3.02. The lowest BCUT2D eigenvalue weighted by molar-refractivity contribution is 0.637. The first-order valence-corrected chi connectivity index (χ1v) is 7.59. The summed E-state index contributed by atoms with van der Waals surface area (Å²) < 4.78 is 1.05. The van der Waals surface area contributed by atoms with E-state index in [1.165, 1.54) is 31.2 Å². The van der Waals surface area contributed by atoms with Crippen LogP contribution in [0.15, 0.2) is 16.7 Å². The lowest BCUT2D eigenvalue weighted by atomic mass is 10.2. The van der Waals surface area contributed by atoms with Crippen molar-refractivity contribution >= 4 is 21.7 Å². The highest BCUT2D eigenvalue weighted by Crippen LogP contribution is 2.28. The van der Waals surface area contributed by atoms with Crippen molar-refractivity contribution in [2.24, 2.45) is 0 Å². The summed E-state index contributed by atoms with van der Waals surface area (Å²) in [5, 5.41) is 3.39. The van der Waals surface area contributed by atoms with Gasteiger partial charge in [0.2, 0.25) is 0 Å². The number of pyridine rings is 1. The van der Waals surface area contributed by atoms with Gasteiger partial charge in [0, 0.05) is 35.9 Å². The molecule has 0 bridgehead atoms. The maximum atomic E-state index is 4.61. The maximum absolute atomic E-state index is 4.61. The molecule has 1 aromatic heterocycles. The molecule has 1 fully saturated rings. The van der Waals surface area contributed by atoms with Crippen LogP contribution in [0.25, 0.3) is 0 Å². The smallest absolute Gasteiger partial charge is 0.133 e. The Balaban J connectivity index is 2.18. The average Bonchev–Trinajstić information content (AvgIpc) is 2.89. The zero-order chi connectivity index (χ0) is 13.0. The number of hydrogen-bond acceptors (Lipinski definition) is 3. The van der Waals surface area contributed by atoms with Gasteiger partial charge in [0.15, 0.2) is 0 Å². The molecule has 1 aromatic rings. The van der Waals surface area contributed by atoms with Crippen LogP contribution in [-0.2, 0) is 6.54 Å². The van der Waals surface area contributed by atoms with Crippen molar-refractivity contribution in [1.29, 1.82) is 0 Å². The van der Waals surface area contributed by atoms with Crippen molar-refractivity contribution < 1.29 is 0 Å². The Morgan fingerprint density at radius 3 is 2.83 bits per heavy atom. The molecule has 2 rings (SSSR count). The molecule has 18 heavy (non-hydrogen) atoms. The van der Waals surface area contributed by atoms with E-state index >= 15 is 0 Å². The summed E-state index contributed by atoms with van der Waals surface area (Å²) in [5.41, 5.74) is 1.28. The Bertz CT molecular complexity index is 389. The van der Waals surface area contributed by atoms with E-state index in [0.717, 1.165) is 23.4 Å². The minimum atomic E-state index is 0.666. The zero-order valence-electron chi connectivity index (χ0n) is 11.2. The van der Waals surface area contributed by atoms with E-state index in [1.807, 2.05) is 6.20 Å². The van der Waals surface area contributed by atoms with Gasteiger partial charge in [-0.3, -0.25) is 0 Å². The highest BCUT2D eigenvalue weighted by molar-refractivity contribution is 9.10. The molecule has 0 unspecified atom stereocenters. The molecule has 1 aliphatic rings. The second-order valence-corrected chi connectivity index (χ2v) is 5.88. The van der Waals surface area contributed by atoms with Crippen LogP contribution >= 0.6 is 15.9 Å². The molecule has 3 nitrogen and oxygen atoms in total. The lowest BCUT2D eigenvalue weighted by Gasteiger charge is -2.27. The first-order valence-electron chi connectivity index (χ1n) is 6.80. The fourth-order valence-electron chi connectivity index (χ4n) is 2.65. The summed E-state index contributed by atoms with van der Waals surface area (Å²) in [6, 6.07) is 2.84. The SMILES string of the molecule is CCNCc1cc(Br)cnc1N(C)C1CCCC1. The number of hydrogen-bond donors (Lipinski definition) is 1. The predicted octanol–water partition coefficient (Wildman–Crippen LogP) is 3.33. The van der Waals surface area contributed by atoms with E-state index in [1.54, 1.807) is 0 Å². The highest BCUT2D eigenvalue weighted by Gasteiger charge is 2.22. The van der Waals surface area contributed by atoms with Crippen LogP contribution in [0.3, 0.4) is 0 Å².